The van der Waals surface area contributed by atoms with Gasteiger partial charge in [0.05, 0.1) is 0 Å². The molecule has 1 aromatic rings. The smallest absolute Gasteiger partial charge is 0.185 e. The van der Waals surface area contributed by atoms with E-state index < -0.39 is 0 Å². The molecule has 1 aromatic carbocycles. The quantitative estimate of drug-likeness (QED) is 0.195. The number of hydrogen-bond donors (Lipinski definition) is 0. The van der Waals surface area contributed by atoms with Gasteiger partial charge in [-0.25, -0.2) is 0 Å². The SMILES string of the molecule is CCCCCCCCCCCCCCCCCCc1cc(C(C)C)c([O])c(C(C)C)c1. The molecule has 0 fully saturated rings. The fourth-order valence-corrected chi connectivity index (χ4v) is 4.62. The van der Waals surface area contributed by atoms with Crippen molar-refractivity contribution >= 4 is 0 Å². The average Bonchev–Trinajstić information content (AvgIpc) is 2.73. The molecule has 179 valence electrons. The fraction of sp³-hybridized carbons (Fsp3) is 0.800. The predicted molar refractivity (Wildman–Crippen MR) is 138 cm³/mol. The Kier molecular flexibility index (Phi) is 15.9. The van der Waals surface area contributed by atoms with Gasteiger partial charge in [0.25, 0.3) is 0 Å². The lowest BCUT2D eigenvalue weighted by molar-refractivity contribution is 0.341. The third-order valence-corrected chi connectivity index (χ3v) is 6.77. The van der Waals surface area contributed by atoms with Gasteiger partial charge in [-0.05, 0) is 30.2 Å². The Hall–Kier alpha value is -0.980. The molecule has 0 atom stereocenters. The molecular formula is C30H53O. The molecule has 0 bridgehead atoms. The third-order valence-electron chi connectivity index (χ3n) is 6.77. The maximum absolute atomic E-state index is 12.6. The van der Waals surface area contributed by atoms with Crippen molar-refractivity contribution in [3.05, 3.63) is 28.8 Å². The number of rotatable bonds is 19. The van der Waals surface area contributed by atoms with Crippen molar-refractivity contribution in [3.63, 3.8) is 0 Å². The van der Waals surface area contributed by atoms with E-state index in [-0.39, 0.29) is 5.75 Å². The molecule has 0 aromatic heterocycles. The summed E-state index contributed by atoms with van der Waals surface area (Å²) in [5, 5.41) is 12.6. The zero-order valence-corrected chi connectivity index (χ0v) is 21.7. The number of benzene rings is 1. The topological polar surface area (TPSA) is 19.9 Å². The van der Waals surface area contributed by atoms with Crippen LogP contribution in [0.15, 0.2) is 12.1 Å². The van der Waals surface area contributed by atoms with Crippen molar-refractivity contribution in [1.29, 1.82) is 0 Å². The van der Waals surface area contributed by atoms with Gasteiger partial charge in [0.15, 0.2) is 5.75 Å². The Morgan fingerprint density at radius 1 is 0.548 bits per heavy atom. The highest BCUT2D eigenvalue weighted by Gasteiger charge is 2.16. The van der Waals surface area contributed by atoms with Crippen molar-refractivity contribution in [3.8, 4) is 5.75 Å². The van der Waals surface area contributed by atoms with Gasteiger partial charge in [0.1, 0.15) is 0 Å². The van der Waals surface area contributed by atoms with Crippen LogP contribution in [-0.4, -0.2) is 0 Å². The zero-order chi connectivity index (χ0) is 22.9. The summed E-state index contributed by atoms with van der Waals surface area (Å²) < 4.78 is 0. The maximum Gasteiger partial charge on any atom is 0.185 e. The summed E-state index contributed by atoms with van der Waals surface area (Å²) in [4.78, 5) is 0. The van der Waals surface area contributed by atoms with Gasteiger partial charge in [0, 0.05) is 11.1 Å². The zero-order valence-electron chi connectivity index (χ0n) is 21.7. The Morgan fingerprint density at radius 2 is 0.871 bits per heavy atom. The van der Waals surface area contributed by atoms with Crippen molar-refractivity contribution < 1.29 is 5.11 Å². The van der Waals surface area contributed by atoms with E-state index >= 15 is 0 Å². The first-order valence-electron chi connectivity index (χ1n) is 13.8. The molecule has 1 heteroatoms. The van der Waals surface area contributed by atoms with E-state index in [1.165, 1.54) is 108 Å². The summed E-state index contributed by atoms with van der Waals surface area (Å²) in [7, 11) is 0. The van der Waals surface area contributed by atoms with Crippen LogP contribution in [0.1, 0.15) is 166 Å². The van der Waals surface area contributed by atoms with Crippen molar-refractivity contribution in [2.75, 3.05) is 0 Å². The van der Waals surface area contributed by atoms with E-state index in [2.05, 4.69) is 46.8 Å². The summed E-state index contributed by atoms with van der Waals surface area (Å²) in [6.45, 7) is 10.8. The van der Waals surface area contributed by atoms with Crippen LogP contribution in [0.2, 0.25) is 0 Å². The monoisotopic (exact) mass is 429 g/mol. The molecule has 1 rings (SSSR count). The molecule has 31 heavy (non-hydrogen) atoms. The number of unbranched alkanes of at least 4 members (excludes halogenated alkanes) is 15. The molecule has 0 aliphatic heterocycles. The molecule has 0 saturated carbocycles. The average molecular weight is 430 g/mol. The molecule has 0 N–H and O–H groups in total. The second-order valence-corrected chi connectivity index (χ2v) is 10.5. The Labute approximate surface area is 195 Å². The van der Waals surface area contributed by atoms with Crippen LogP contribution in [-0.2, 0) is 11.5 Å². The lowest BCUT2D eigenvalue weighted by atomic mass is 9.90. The van der Waals surface area contributed by atoms with Gasteiger partial charge >= 0.3 is 0 Å². The molecule has 0 spiro atoms. The van der Waals surface area contributed by atoms with Crippen molar-refractivity contribution in [1.82, 2.24) is 0 Å². The molecule has 0 heterocycles. The summed E-state index contributed by atoms with van der Waals surface area (Å²) in [6.07, 6.45) is 23.7. The van der Waals surface area contributed by atoms with E-state index in [0.717, 1.165) is 17.5 Å². The van der Waals surface area contributed by atoms with Crippen LogP contribution in [0, 0.1) is 0 Å². The summed E-state index contributed by atoms with van der Waals surface area (Å²) in [6, 6.07) is 4.37. The molecular weight excluding hydrogens is 376 g/mol. The van der Waals surface area contributed by atoms with Gasteiger partial charge in [-0.2, -0.15) is 0 Å². The molecule has 0 aliphatic carbocycles. The minimum absolute atomic E-state index is 0.278. The van der Waals surface area contributed by atoms with E-state index in [4.69, 9.17) is 0 Å². The highest BCUT2D eigenvalue weighted by atomic mass is 16.3. The summed E-state index contributed by atoms with van der Waals surface area (Å²) in [5.74, 6) is 0.909. The molecule has 1 radical (unpaired) electrons. The molecule has 0 saturated heterocycles. The second-order valence-electron chi connectivity index (χ2n) is 10.5. The summed E-state index contributed by atoms with van der Waals surface area (Å²) in [5.41, 5.74) is 3.40. The molecule has 1 nitrogen and oxygen atoms in total. The molecule has 0 unspecified atom stereocenters. The lowest BCUT2D eigenvalue weighted by Gasteiger charge is -2.16. The van der Waals surface area contributed by atoms with Crippen molar-refractivity contribution in [2.24, 2.45) is 0 Å². The van der Waals surface area contributed by atoms with Crippen LogP contribution in [0.5, 0.6) is 5.75 Å². The lowest BCUT2D eigenvalue weighted by Crippen LogP contribution is -1.98. The Balaban J connectivity index is 2.06. The first kappa shape index (κ1) is 28.1. The van der Waals surface area contributed by atoms with Crippen LogP contribution in [0.4, 0.5) is 0 Å². The van der Waals surface area contributed by atoms with Gasteiger partial charge < -0.3 is 0 Å². The van der Waals surface area contributed by atoms with Gasteiger partial charge in [-0.1, -0.05) is 143 Å². The largest absolute Gasteiger partial charge is 0.289 e. The number of hydrogen-bond acceptors (Lipinski definition) is 0. The third kappa shape index (κ3) is 12.6. The van der Waals surface area contributed by atoms with Gasteiger partial charge in [-0.3, -0.25) is 5.11 Å². The minimum atomic E-state index is 0.278. The van der Waals surface area contributed by atoms with Crippen LogP contribution in [0.25, 0.3) is 0 Å². The first-order valence-corrected chi connectivity index (χ1v) is 13.8. The second kappa shape index (κ2) is 17.6. The predicted octanol–water partition coefficient (Wildman–Crippen LogP) is 10.9. The summed E-state index contributed by atoms with van der Waals surface area (Å²) >= 11 is 0. The molecule has 0 amide bonds. The Bertz CT molecular complexity index is 529. The van der Waals surface area contributed by atoms with Crippen LogP contribution < -0.4 is 0 Å². The van der Waals surface area contributed by atoms with E-state index in [9.17, 15) is 5.11 Å². The molecule has 0 aliphatic rings. The fourth-order valence-electron chi connectivity index (χ4n) is 4.62. The maximum atomic E-state index is 12.6. The highest BCUT2D eigenvalue weighted by Crippen LogP contribution is 2.35. The van der Waals surface area contributed by atoms with Crippen LogP contribution >= 0.6 is 0 Å². The van der Waals surface area contributed by atoms with E-state index in [1.807, 2.05) is 0 Å². The van der Waals surface area contributed by atoms with E-state index in [0.29, 0.717) is 11.8 Å². The normalized spacial score (nSPS) is 11.7. The number of aryl methyl sites for hydroxylation is 1. The van der Waals surface area contributed by atoms with E-state index in [1.54, 1.807) is 0 Å². The van der Waals surface area contributed by atoms with Crippen LogP contribution in [0.3, 0.4) is 0 Å². The van der Waals surface area contributed by atoms with Gasteiger partial charge in [0.2, 0.25) is 0 Å². The highest BCUT2D eigenvalue weighted by molar-refractivity contribution is 5.46. The minimum Gasteiger partial charge on any atom is -0.289 e. The van der Waals surface area contributed by atoms with Crippen molar-refractivity contribution in [2.45, 2.75) is 156 Å². The standard InChI is InChI=1S/C30H53O/c1-6-7-8-9-10-11-12-13-14-15-16-17-18-19-20-21-22-27-23-28(25(2)3)30(31)29(24-27)26(4)5/h23-26H,6-22H2,1-5H3. The Morgan fingerprint density at radius 3 is 1.19 bits per heavy atom. The first-order chi connectivity index (χ1) is 15.0. The van der Waals surface area contributed by atoms with Gasteiger partial charge in [-0.15, -0.1) is 0 Å².